The summed E-state index contributed by atoms with van der Waals surface area (Å²) in [5.74, 6) is 0.101. The van der Waals surface area contributed by atoms with Crippen LogP contribution in [0.3, 0.4) is 0 Å². The molecule has 0 unspecified atom stereocenters. The molecule has 0 amide bonds. The fourth-order valence-corrected chi connectivity index (χ4v) is 1.37. The molecule has 2 heteroatoms. The normalized spacial score (nSPS) is 11.7. The van der Waals surface area contributed by atoms with Gasteiger partial charge in [-0.1, -0.05) is 43.7 Å². The highest BCUT2D eigenvalue weighted by atomic mass is 16.5. The highest BCUT2D eigenvalue weighted by Crippen LogP contribution is 2.14. The Hall–Kier alpha value is -1.57. The highest BCUT2D eigenvalue weighted by Gasteiger charge is 2.03. The number of allylic oxidation sites excluding steroid dienone is 1. The third-order valence-corrected chi connectivity index (χ3v) is 2.40. The van der Waals surface area contributed by atoms with Crippen LogP contribution in [0.15, 0.2) is 30.3 Å². The first-order valence-electron chi connectivity index (χ1n) is 5.91. The van der Waals surface area contributed by atoms with Crippen LogP contribution in [0.4, 0.5) is 0 Å². The molecule has 2 nitrogen and oxygen atoms in total. The average molecular weight is 232 g/mol. The molecule has 1 aromatic carbocycles. The minimum Gasteiger partial charge on any atom is -0.462 e. The maximum atomic E-state index is 11.5. The minimum absolute atomic E-state index is 0.267. The fourth-order valence-electron chi connectivity index (χ4n) is 1.37. The van der Waals surface area contributed by atoms with Crippen molar-refractivity contribution in [1.82, 2.24) is 0 Å². The van der Waals surface area contributed by atoms with E-state index in [1.54, 1.807) is 6.08 Å². The Balaban J connectivity index is 2.65. The lowest BCUT2D eigenvalue weighted by Gasteiger charge is -2.06. The zero-order valence-electron chi connectivity index (χ0n) is 11.0. The zero-order chi connectivity index (χ0) is 12.8. The van der Waals surface area contributed by atoms with E-state index in [9.17, 15) is 4.79 Å². The van der Waals surface area contributed by atoms with Crippen molar-refractivity contribution in [2.45, 2.75) is 27.7 Å². The second-order valence-corrected chi connectivity index (χ2v) is 4.72. The number of rotatable bonds is 4. The van der Waals surface area contributed by atoms with Gasteiger partial charge in [-0.25, -0.2) is 4.79 Å². The topological polar surface area (TPSA) is 26.3 Å². The molecule has 0 heterocycles. The van der Waals surface area contributed by atoms with Gasteiger partial charge in [0, 0.05) is 6.08 Å². The van der Waals surface area contributed by atoms with Gasteiger partial charge in [0.2, 0.25) is 0 Å². The number of esters is 1. The first kappa shape index (κ1) is 13.5. The maximum Gasteiger partial charge on any atom is 0.331 e. The van der Waals surface area contributed by atoms with Gasteiger partial charge in [0.05, 0.1) is 6.61 Å². The van der Waals surface area contributed by atoms with Crippen molar-refractivity contribution < 1.29 is 9.53 Å². The molecule has 0 radical (unpaired) electrons. The third-order valence-electron chi connectivity index (χ3n) is 2.40. The Morgan fingerprint density at radius 2 is 1.88 bits per heavy atom. The summed E-state index contributed by atoms with van der Waals surface area (Å²) >= 11 is 0. The molecular formula is C15H20O2. The van der Waals surface area contributed by atoms with Gasteiger partial charge in [-0.15, -0.1) is 0 Å². The molecular weight excluding hydrogens is 212 g/mol. The van der Waals surface area contributed by atoms with Crippen molar-refractivity contribution in [3.05, 3.63) is 41.5 Å². The molecule has 0 atom stereocenters. The highest BCUT2D eigenvalue weighted by molar-refractivity contribution is 5.90. The number of hydrogen-bond donors (Lipinski definition) is 0. The van der Waals surface area contributed by atoms with Gasteiger partial charge in [-0.3, -0.25) is 0 Å². The van der Waals surface area contributed by atoms with Crippen LogP contribution in [0.2, 0.25) is 0 Å². The number of hydrogen-bond acceptors (Lipinski definition) is 2. The van der Waals surface area contributed by atoms with Gasteiger partial charge in [0.1, 0.15) is 0 Å². The summed E-state index contributed by atoms with van der Waals surface area (Å²) in [6, 6.07) is 8.09. The van der Waals surface area contributed by atoms with Crippen molar-refractivity contribution in [3.8, 4) is 0 Å². The Labute approximate surface area is 103 Å². The Kier molecular flexibility index (Phi) is 4.95. The average Bonchev–Trinajstić information content (AvgIpc) is 2.27. The Morgan fingerprint density at radius 3 is 2.41 bits per heavy atom. The van der Waals surface area contributed by atoms with Gasteiger partial charge in [0.15, 0.2) is 0 Å². The molecule has 0 N–H and O–H groups in total. The van der Waals surface area contributed by atoms with Crippen LogP contribution in [-0.4, -0.2) is 12.6 Å². The summed E-state index contributed by atoms with van der Waals surface area (Å²) in [5, 5.41) is 0. The van der Waals surface area contributed by atoms with Crippen LogP contribution < -0.4 is 0 Å². The van der Waals surface area contributed by atoms with E-state index in [1.165, 1.54) is 5.56 Å². The summed E-state index contributed by atoms with van der Waals surface area (Å²) < 4.78 is 5.10. The van der Waals surface area contributed by atoms with Crippen molar-refractivity contribution in [1.29, 1.82) is 0 Å². The molecule has 0 aliphatic carbocycles. The van der Waals surface area contributed by atoms with E-state index in [4.69, 9.17) is 4.74 Å². The summed E-state index contributed by atoms with van der Waals surface area (Å²) in [6.45, 7) is 8.46. The van der Waals surface area contributed by atoms with Gasteiger partial charge in [0.25, 0.3) is 0 Å². The Bertz CT molecular complexity index is 399. The molecule has 0 spiro atoms. The number of carbonyl (C=O) groups is 1. The van der Waals surface area contributed by atoms with E-state index in [1.807, 2.05) is 52.0 Å². The van der Waals surface area contributed by atoms with Crippen LogP contribution in [0, 0.1) is 12.8 Å². The van der Waals surface area contributed by atoms with Crippen LogP contribution in [0.25, 0.3) is 5.57 Å². The quantitative estimate of drug-likeness (QED) is 0.585. The lowest BCUT2D eigenvalue weighted by Crippen LogP contribution is -2.07. The third kappa shape index (κ3) is 4.85. The van der Waals surface area contributed by atoms with Gasteiger partial charge >= 0.3 is 5.97 Å². The monoisotopic (exact) mass is 232 g/mol. The van der Waals surface area contributed by atoms with Crippen LogP contribution in [-0.2, 0) is 9.53 Å². The second-order valence-electron chi connectivity index (χ2n) is 4.72. The van der Waals surface area contributed by atoms with Crippen molar-refractivity contribution >= 4 is 11.5 Å². The van der Waals surface area contributed by atoms with E-state index in [-0.39, 0.29) is 5.97 Å². The molecule has 0 saturated carbocycles. The molecule has 1 rings (SSSR count). The first-order chi connectivity index (χ1) is 7.99. The predicted molar refractivity (Wildman–Crippen MR) is 70.6 cm³/mol. The summed E-state index contributed by atoms with van der Waals surface area (Å²) in [7, 11) is 0. The molecule has 17 heavy (non-hydrogen) atoms. The van der Waals surface area contributed by atoms with E-state index in [0.29, 0.717) is 12.5 Å². The zero-order valence-corrected chi connectivity index (χ0v) is 11.0. The second kappa shape index (κ2) is 6.24. The lowest BCUT2D eigenvalue weighted by atomic mass is 10.1. The predicted octanol–water partition coefficient (Wildman–Crippen LogP) is 3.60. The molecule has 0 aliphatic heterocycles. The van der Waals surface area contributed by atoms with Crippen molar-refractivity contribution in [2.75, 3.05) is 6.61 Å². The van der Waals surface area contributed by atoms with Crippen LogP contribution >= 0.6 is 0 Å². The van der Waals surface area contributed by atoms with Crippen LogP contribution in [0.1, 0.15) is 31.9 Å². The number of aryl methyl sites for hydroxylation is 1. The van der Waals surface area contributed by atoms with Crippen LogP contribution in [0.5, 0.6) is 0 Å². The Morgan fingerprint density at radius 1 is 1.29 bits per heavy atom. The summed E-state index contributed by atoms with van der Waals surface area (Å²) in [5.41, 5.74) is 3.19. The summed E-state index contributed by atoms with van der Waals surface area (Å²) in [6.07, 6.45) is 1.55. The fraction of sp³-hybridized carbons (Fsp3) is 0.400. The number of ether oxygens (including phenoxy) is 1. The molecule has 1 aromatic rings. The minimum atomic E-state index is -0.267. The van der Waals surface area contributed by atoms with Crippen molar-refractivity contribution in [3.63, 3.8) is 0 Å². The number of benzene rings is 1. The summed E-state index contributed by atoms with van der Waals surface area (Å²) in [4.78, 5) is 11.5. The molecule has 92 valence electrons. The van der Waals surface area contributed by atoms with Gasteiger partial charge in [-0.2, -0.15) is 0 Å². The molecule has 0 aromatic heterocycles. The molecule has 0 saturated heterocycles. The van der Waals surface area contributed by atoms with E-state index in [2.05, 4.69) is 0 Å². The maximum absolute atomic E-state index is 11.5. The number of carbonyl (C=O) groups excluding carboxylic acids is 1. The van der Waals surface area contributed by atoms with E-state index in [0.717, 1.165) is 11.1 Å². The molecule has 0 bridgehead atoms. The SMILES string of the molecule is C/C(=C\C(=O)OCC(C)C)c1ccc(C)cc1. The van der Waals surface area contributed by atoms with Gasteiger partial charge < -0.3 is 4.74 Å². The van der Waals surface area contributed by atoms with E-state index >= 15 is 0 Å². The smallest absolute Gasteiger partial charge is 0.331 e. The standard InChI is InChI=1S/C15H20O2/c1-11(2)10-17-15(16)9-13(4)14-7-5-12(3)6-8-14/h5-9,11H,10H2,1-4H3/b13-9+. The molecule has 0 aliphatic rings. The van der Waals surface area contributed by atoms with Crippen molar-refractivity contribution in [2.24, 2.45) is 5.92 Å². The van der Waals surface area contributed by atoms with E-state index < -0.39 is 0 Å². The largest absolute Gasteiger partial charge is 0.462 e. The lowest BCUT2D eigenvalue weighted by molar-refractivity contribution is -0.138. The molecule has 0 fully saturated rings. The first-order valence-corrected chi connectivity index (χ1v) is 5.91. The van der Waals surface area contributed by atoms with Gasteiger partial charge in [-0.05, 0) is 30.9 Å².